The van der Waals surface area contributed by atoms with Gasteiger partial charge in [-0.05, 0) is 40.9 Å². The number of aryl methyl sites for hydroxylation is 1. The zero-order valence-corrected chi connectivity index (χ0v) is 13.3. The first-order valence-corrected chi connectivity index (χ1v) is 7.29. The molecule has 0 atom stereocenters. The molecule has 1 aromatic carbocycles. The van der Waals surface area contributed by atoms with E-state index in [9.17, 15) is 8.78 Å². The molecule has 0 aliphatic heterocycles. The first-order chi connectivity index (χ1) is 10.0. The van der Waals surface area contributed by atoms with E-state index in [2.05, 4.69) is 36.5 Å². The summed E-state index contributed by atoms with van der Waals surface area (Å²) in [5.74, 6) is -0.0519. The highest BCUT2D eigenvalue weighted by atomic mass is 79.9. The predicted octanol–water partition coefficient (Wildman–Crippen LogP) is 4.39. The minimum Gasteiger partial charge on any atom is -0.369 e. The van der Waals surface area contributed by atoms with Gasteiger partial charge in [-0.25, -0.2) is 18.7 Å². The molecule has 112 valence electrons. The Kier molecular flexibility index (Phi) is 5.06. The fourth-order valence-corrected chi connectivity index (χ4v) is 2.14. The molecule has 0 aliphatic carbocycles. The van der Waals surface area contributed by atoms with E-state index in [1.807, 2.05) is 6.92 Å². The average Bonchev–Trinajstić information content (AvgIpc) is 2.45. The number of rotatable bonds is 5. The van der Waals surface area contributed by atoms with Crippen LogP contribution in [0.4, 0.5) is 26.1 Å². The number of benzene rings is 1. The molecule has 1 heterocycles. The van der Waals surface area contributed by atoms with Crippen LogP contribution in [-0.2, 0) is 0 Å². The van der Waals surface area contributed by atoms with Gasteiger partial charge in [-0.3, -0.25) is 0 Å². The summed E-state index contributed by atoms with van der Waals surface area (Å²) < 4.78 is 28.0. The second-order valence-electron chi connectivity index (χ2n) is 4.52. The lowest BCUT2D eigenvalue weighted by molar-refractivity contribution is 0.595. The maximum absolute atomic E-state index is 13.8. The Morgan fingerprint density at radius 2 is 1.86 bits per heavy atom. The Hall–Kier alpha value is -1.76. The van der Waals surface area contributed by atoms with Crippen molar-refractivity contribution >= 4 is 33.3 Å². The summed E-state index contributed by atoms with van der Waals surface area (Å²) >= 11 is 3.36. The van der Waals surface area contributed by atoms with E-state index in [1.165, 1.54) is 13.3 Å². The van der Waals surface area contributed by atoms with Crippen molar-refractivity contribution in [2.75, 3.05) is 17.2 Å². The maximum atomic E-state index is 13.8. The Labute approximate surface area is 130 Å². The fourth-order valence-electron chi connectivity index (χ4n) is 1.69. The lowest BCUT2D eigenvalue weighted by Gasteiger charge is -2.12. The molecule has 0 aliphatic rings. The van der Waals surface area contributed by atoms with Gasteiger partial charge in [0.25, 0.3) is 0 Å². The number of hydrogen-bond donors (Lipinski definition) is 2. The van der Waals surface area contributed by atoms with E-state index in [-0.39, 0.29) is 11.3 Å². The first kappa shape index (κ1) is 15.6. The molecule has 0 saturated heterocycles. The van der Waals surface area contributed by atoms with Gasteiger partial charge in [0.2, 0.25) is 0 Å². The summed E-state index contributed by atoms with van der Waals surface area (Å²) in [5, 5.41) is 5.89. The third-order valence-corrected chi connectivity index (χ3v) is 3.58. The highest BCUT2D eigenvalue weighted by Gasteiger charge is 2.12. The van der Waals surface area contributed by atoms with Crippen LogP contribution in [0.25, 0.3) is 0 Å². The number of anilines is 3. The van der Waals surface area contributed by atoms with Gasteiger partial charge >= 0.3 is 0 Å². The highest BCUT2D eigenvalue weighted by Crippen LogP contribution is 2.30. The molecule has 0 spiro atoms. The van der Waals surface area contributed by atoms with Crippen LogP contribution in [0, 0.1) is 18.6 Å². The van der Waals surface area contributed by atoms with Crippen LogP contribution in [0.15, 0.2) is 22.9 Å². The van der Waals surface area contributed by atoms with Crippen LogP contribution in [-0.4, -0.2) is 16.5 Å². The number of nitrogens with zero attached hydrogens (tertiary/aromatic N) is 2. The van der Waals surface area contributed by atoms with Crippen molar-refractivity contribution in [1.82, 2.24) is 9.97 Å². The lowest BCUT2D eigenvalue weighted by Crippen LogP contribution is -2.06. The normalized spacial score (nSPS) is 10.5. The molecule has 0 radical (unpaired) electrons. The molecule has 0 saturated carbocycles. The second kappa shape index (κ2) is 6.80. The van der Waals surface area contributed by atoms with E-state index in [4.69, 9.17) is 0 Å². The molecule has 2 aromatic rings. The highest BCUT2D eigenvalue weighted by molar-refractivity contribution is 9.10. The molecule has 0 bridgehead atoms. The Morgan fingerprint density at radius 1 is 1.14 bits per heavy atom. The maximum Gasteiger partial charge on any atom is 0.150 e. The smallest absolute Gasteiger partial charge is 0.150 e. The van der Waals surface area contributed by atoms with Crippen LogP contribution < -0.4 is 10.6 Å². The lowest BCUT2D eigenvalue weighted by atomic mass is 10.2. The van der Waals surface area contributed by atoms with Gasteiger partial charge in [0.05, 0.1) is 5.69 Å². The zero-order chi connectivity index (χ0) is 15.4. The molecule has 4 nitrogen and oxygen atoms in total. The number of hydrogen-bond acceptors (Lipinski definition) is 4. The Morgan fingerprint density at radius 3 is 2.57 bits per heavy atom. The molecule has 0 unspecified atom stereocenters. The molecule has 0 amide bonds. The quantitative estimate of drug-likeness (QED) is 0.833. The minimum absolute atomic E-state index is 0.0268. The average molecular weight is 357 g/mol. The molecule has 2 N–H and O–H groups in total. The van der Waals surface area contributed by atoms with Crippen molar-refractivity contribution in [2.24, 2.45) is 0 Å². The van der Waals surface area contributed by atoms with Crippen molar-refractivity contribution in [1.29, 1.82) is 0 Å². The van der Waals surface area contributed by atoms with Gasteiger partial charge in [0.1, 0.15) is 34.1 Å². The van der Waals surface area contributed by atoms with Crippen molar-refractivity contribution in [2.45, 2.75) is 20.3 Å². The van der Waals surface area contributed by atoms with Crippen molar-refractivity contribution in [3.05, 3.63) is 40.1 Å². The van der Waals surface area contributed by atoms with E-state index in [1.54, 1.807) is 0 Å². The van der Waals surface area contributed by atoms with E-state index in [0.29, 0.717) is 16.1 Å². The van der Waals surface area contributed by atoms with Gasteiger partial charge in [-0.2, -0.15) is 0 Å². The van der Waals surface area contributed by atoms with Crippen molar-refractivity contribution < 1.29 is 8.78 Å². The zero-order valence-electron chi connectivity index (χ0n) is 11.7. The van der Waals surface area contributed by atoms with Crippen LogP contribution in [0.5, 0.6) is 0 Å². The summed E-state index contributed by atoms with van der Waals surface area (Å²) in [6.07, 6.45) is 2.30. The number of aromatic nitrogens is 2. The molecule has 0 fully saturated rings. The molecule has 1 aromatic heterocycles. The van der Waals surface area contributed by atoms with E-state index < -0.39 is 11.6 Å². The van der Waals surface area contributed by atoms with E-state index in [0.717, 1.165) is 25.1 Å². The Balaban J connectivity index is 2.29. The third-order valence-electron chi connectivity index (χ3n) is 2.83. The fraction of sp³-hybridized carbons (Fsp3) is 0.286. The van der Waals surface area contributed by atoms with Gasteiger partial charge in [-0.15, -0.1) is 0 Å². The van der Waals surface area contributed by atoms with Crippen LogP contribution >= 0.6 is 15.9 Å². The SMILES string of the molecule is CCCNc1ncnc(Nc2cc(F)c(C)cc2F)c1Br. The summed E-state index contributed by atoms with van der Waals surface area (Å²) in [6.45, 7) is 4.30. The van der Waals surface area contributed by atoms with Crippen molar-refractivity contribution in [3.63, 3.8) is 0 Å². The van der Waals surface area contributed by atoms with Crippen molar-refractivity contribution in [3.8, 4) is 0 Å². The standard InChI is InChI=1S/C14H15BrF2N4/c1-3-4-18-13-12(15)14(20-7-19-13)21-11-6-9(16)8(2)5-10(11)17/h5-7H,3-4H2,1-2H3,(H2,18,19,20,21). The largest absolute Gasteiger partial charge is 0.369 e. The first-order valence-electron chi connectivity index (χ1n) is 6.50. The van der Waals surface area contributed by atoms with E-state index >= 15 is 0 Å². The predicted molar refractivity (Wildman–Crippen MR) is 82.9 cm³/mol. The van der Waals surface area contributed by atoms with Gasteiger partial charge in [0, 0.05) is 12.6 Å². The van der Waals surface area contributed by atoms with Crippen LogP contribution in [0.1, 0.15) is 18.9 Å². The molecular weight excluding hydrogens is 342 g/mol. The minimum atomic E-state index is -0.539. The second-order valence-corrected chi connectivity index (χ2v) is 5.31. The summed E-state index contributed by atoms with van der Waals surface area (Å²) in [6, 6.07) is 2.25. The van der Waals surface area contributed by atoms with Gasteiger partial charge < -0.3 is 10.6 Å². The molecule has 2 rings (SSSR count). The number of nitrogens with one attached hydrogen (secondary N) is 2. The summed E-state index contributed by atoms with van der Waals surface area (Å²) in [4.78, 5) is 8.13. The molecular formula is C14H15BrF2N4. The van der Waals surface area contributed by atoms with Crippen LogP contribution in [0.2, 0.25) is 0 Å². The molecule has 21 heavy (non-hydrogen) atoms. The Bertz CT molecular complexity index is 649. The third kappa shape index (κ3) is 3.66. The van der Waals surface area contributed by atoms with Crippen LogP contribution in [0.3, 0.4) is 0 Å². The van der Waals surface area contributed by atoms with Gasteiger partial charge in [0.15, 0.2) is 0 Å². The summed E-state index contributed by atoms with van der Waals surface area (Å²) in [5.41, 5.74) is 0.282. The summed E-state index contributed by atoms with van der Waals surface area (Å²) in [7, 11) is 0. The van der Waals surface area contributed by atoms with Gasteiger partial charge in [-0.1, -0.05) is 6.92 Å². The number of halogens is 3. The monoisotopic (exact) mass is 356 g/mol. The molecule has 7 heteroatoms. The topological polar surface area (TPSA) is 49.8 Å².